The molecule has 8 nitrogen and oxygen atoms in total. The second-order valence-corrected chi connectivity index (χ2v) is 2.27. The molecule has 0 unspecified atom stereocenters. The van der Waals surface area contributed by atoms with Crippen molar-refractivity contribution in [1.29, 1.82) is 0 Å². The zero-order valence-corrected chi connectivity index (χ0v) is 7.58. The van der Waals surface area contributed by atoms with Crippen LogP contribution in [0, 0.1) is 0 Å². The molecule has 0 saturated carbocycles. The highest BCUT2D eigenvalue weighted by Gasteiger charge is 2.18. The van der Waals surface area contributed by atoms with Gasteiger partial charge in [-0.15, -0.1) is 0 Å². The van der Waals surface area contributed by atoms with Crippen LogP contribution in [0.15, 0.2) is 20.6 Å². The Morgan fingerprint density at radius 2 is 0.929 bits per heavy atom. The van der Waals surface area contributed by atoms with E-state index in [1.54, 1.807) is 0 Å². The molecule has 4 N–H and O–H groups in total. The standard InChI is InChI=1S/C6H10N4O4/c1-3(7-11)5(9-13)6(10-14)4(2)8-12/h11-14H,1-2H3/b7-3+,8-4+,9-5-,10-6+. The first kappa shape index (κ1) is 11.9. The first-order chi connectivity index (χ1) is 6.62. The minimum atomic E-state index is -0.301. The SMILES string of the molecule is CC(=N\O)/C(=N/O)C(=N/O)/C(C)=N/O. The van der Waals surface area contributed by atoms with Crippen molar-refractivity contribution in [2.45, 2.75) is 13.8 Å². The average Bonchev–Trinajstić information content (AvgIpc) is 2.23. The van der Waals surface area contributed by atoms with Gasteiger partial charge in [0.2, 0.25) is 0 Å². The first-order valence-corrected chi connectivity index (χ1v) is 3.44. The molecule has 0 fully saturated rings. The van der Waals surface area contributed by atoms with E-state index in [0.717, 1.165) is 0 Å². The molecule has 0 aromatic rings. The minimum absolute atomic E-state index is 0.0942. The summed E-state index contributed by atoms with van der Waals surface area (Å²) in [4.78, 5) is 0. The van der Waals surface area contributed by atoms with Crippen LogP contribution in [0.2, 0.25) is 0 Å². The van der Waals surface area contributed by atoms with Gasteiger partial charge in [0.05, 0.1) is 0 Å². The lowest BCUT2D eigenvalue weighted by Gasteiger charge is -2.02. The van der Waals surface area contributed by atoms with E-state index in [0.29, 0.717) is 0 Å². The monoisotopic (exact) mass is 202 g/mol. The first-order valence-electron chi connectivity index (χ1n) is 3.44. The maximum atomic E-state index is 8.54. The smallest absolute Gasteiger partial charge is 0.158 e. The fraction of sp³-hybridized carbons (Fsp3) is 0.333. The summed E-state index contributed by atoms with van der Waals surface area (Å²) < 4.78 is 0. The molecular weight excluding hydrogens is 192 g/mol. The molecule has 0 aromatic heterocycles. The molecule has 14 heavy (non-hydrogen) atoms. The van der Waals surface area contributed by atoms with Crippen LogP contribution in [-0.4, -0.2) is 43.7 Å². The van der Waals surface area contributed by atoms with Gasteiger partial charge in [-0.2, -0.15) is 0 Å². The molecule has 0 aromatic carbocycles. The Morgan fingerprint density at radius 1 is 0.643 bits per heavy atom. The maximum Gasteiger partial charge on any atom is 0.158 e. The summed E-state index contributed by atoms with van der Waals surface area (Å²) in [6.45, 7) is 2.62. The molecule has 0 aliphatic rings. The van der Waals surface area contributed by atoms with E-state index in [1.165, 1.54) is 13.8 Å². The molecule has 0 aliphatic carbocycles. The van der Waals surface area contributed by atoms with Crippen LogP contribution in [0.1, 0.15) is 13.8 Å². The van der Waals surface area contributed by atoms with Crippen LogP contribution in [0.25, 0.3) is 0 Å². The molecule has 8 heteroatoms. The lowest BCUT2D eigenvalue weighted by Crippen LogP contribution is -2.28. The van der Waals surface area contributed by atoms with Crippen LogP contribution in [0.4, 0.5) is 0 Å². The van der Waals surface area contributed by atoms with Crippen LogP contribution in [-0.2, 0) is 0 Å². The Hall–Kier alpha value is -2.12. The summed E-state index contributed by atoms with van der Waals surface area (Å²) >= 11 is 0. The Kier molecular flexibility index (Phi) is 4.68. The van der Waals surface area contributed by atoms with Gasteiger partial charge in [-0.3, -0.25) is 0 Å². The van der Waals surface area contributed by atoms with Gasteiger partial charge in [0.1, 0.15) is 11.4 Å². The number of hydrogen-bond donors (Lipinski definition) is 4. The Balaban J connectivity index is 5.25. The Labute approximate surface area is 79.1 Å². The van der Waals surface area contributed by atoms with Crippen molar-refractivity contribution in [2.24, 2.45) is 20.6 Å². The third kappa shape index (κ3) is 2.44. The van der Waals surface area contributed by atoms with Crippen molar-refractivity contribution < 1.29 is 20.8 Å². The lowest BCUT2D eigenvalue weighted by molar-refractivity contribution is 0.310. The van der Waals surface area contributed by atoms with E-state index in [9.17, 15) is 0 Å². The number of rotatable bonds is 3. The molecule has 0 saturated heterocycles. The van der Waals surface area contributed by atoms with Crippen molar-refractivity contribution in [2.75, 3.05) is 0 Å². The van der Waals surface area contributed by atoms with Crippen molar-refractivity contribution >= 4 is 22.8 Å². The molecule has 0 amide bonds. The average molecular weight is 202 g/mol. The molecule has 0 atom stereocenters. The van der Waals surface area contributed by atoms with Crippen LogP contribution in [0.5, 0.6) is 0 Å². The Bertz CT molecular complexity index is 286. The second-order valence-electron chi connectivity index (χ2n) is 2.27. The van der Waals surface area contributed by atoms with Gasteiger partial charge in [0.15, 0.2) is 11.4 Å². The summed E-state index contributed by atoms with van der Waals surface area (Å²) in [5.74, 6) is 0. The van der Waals surface area contributed by atoms with Gasteiger partial charge in [-0.25, -0.2) is 0 Å². The second kappa shape index (κ2) is 5.51. The van der Waals surface area contributed by atoms with E-state index in [2.05, 4.69) is 20.6 Å². The van der Waals surface area contributed by atoms with Gasteiger partial charge < -0.3 is 20.8 Å². The highest BCUT2D eigenvalue weighted by atomic mass is 16.4. The lowest BCUT2D eigenvalue weighted by atomic mass is 10.1. The highest BCUT2D eigenvalue weighted by molar-refractivity contribution is 6.82. The fourth-order valence-electron chi connectivity index (χ4n) is 0.677. The molecule has 0 spiro atoms. The van der Waals surface area contributed by atoms with Crippen molar-refractivity contribution in [3.63, 3.8) is 0 Å². The van der Waals surface area contributed by atoms with E-state index in [-0.39, 0.29) is 22.8 Å². The Morgan fingerprint density at radius 3 is 1.07 bits per heavy atom. The van der Waals surface area contributed by atoms with Crippen molar-refractivity contribution in [3.8, 4) is 0 Å². The van der Waals surface area contributed by atoms with Crippen molar-refractivity contribution in [1.82, 2.24) is 0 Å². The van der Waals surface area contributed by atoms with Gasteiger partial charge in [-0.1, -0.05) is 20.6 Å². The van der Waals surface area contributed by atoms with E-state index in [1.807, 2.05) is 0 Å². The van der Waals surface area contributed by atoms with E-state index in [4.69, 9.17) is 20.8 Å². The van der Waals surface area contributed by atoms with E-state index < -0.39 is 0 Å². The normalized spacial score (nSPS) is 15.9. The van der Waals surface area contributed by atoms with Gasteiger partial charge >= 0.3 is 0 Å². The van der Waals surface area contributed by atoms with Gasteiger partial charge in [0.25, 0.3) is 0 Å². The van der Waals surface area contributed by atoms with Crippen LogP contribution < -0.4 is 0 Å². The third-order valence-corrected chi connectivity index (χ3v) is 1.41. The fourth-order valence-corrected chi connectivity index (χ4v) is 0.677. The predicted molar refractivity (Wildman–Crippen MR) is 48.2 cm³/mol. The molecule has 78 valence electrons. The topological polar surface area (TPSA) is 130 Å². The molecule has 0 heterocycles. The predicted octanol–water partition coefficient (Wildman–Crippen LogP) is 0.347. The van der Waals surface area contributed by atoms with Gasteiger partial charge in [0, 0.05) is 0 Å². The summed E-state index contributed by atoms with van der Waals surface area (Å²) in [6.07, 6.45) is 0. The minimum Gasteiger partial charge on any atom is -0.411 e. The van der Waals surface area contributed by atoms with Gasteiger partial charge in [-0.05, 0) is 13.8 Å². The van der Waals surface area contributed by atoms with Crippen molar-refractivity contribution in [3.05, 3.63) is 0 Å². The number of oxime groups is 4. The zero-order valence-electron chi connectivity index (χ0n) is 7.58. The molecule has 0 radical (unpaired) electrons. The molecular formula is C6H10N4O4. The van der Waals surface area contributed by atoms with E-state index >= 15 is 0 Å². The third-order valence-electron chi connectivity index (χ3n) is 1.41. The highest BCUT2D eigenvalue weighted by Crippen LogP contribution is 1.93. The molecule has 0 rings (SSSR count). The summed E-state index contributed by atoms with van der Waals surface area (Å²) in [5.41, 5.74) is -0.790. The van der Waals surface area contributed by atoms with Crippen LogP contribution >= 0.6 is 0 Å². The summed E-state index contributed by atoms with van der Waals surface area (Å²) in [7, 11) is 0. The maximum absolute atomic E-state index is 8.54. The van der Waals surface area contributed by atoms with Crippen LogP contribution in [0.3, 0.4) is 0 Å². The summed E-state index contributed by atoms with van der Waals surface area (Å²) in [5, 5.41) is 44.8. The largest absolute Gasteiger partial charge is 0.411 e. The quantitative estimate of drug-likeness (QED) is 0.298. The number of nitrogens with zero attached hydrogens (tertiary/aromatic N) is 4. The zero-order chi connectivity index (χ0) is 11.1. The number of hydrogen-bond acceptors (Lipinski definition) is 8. The molecule has 0 bridgehead atoms. The summed E-state index contributed by atoms with van der Waals surface area (Å²) in [6, 6.07) is 0. The molecule has 0 aliphatic heterocycles.